The largest absolute Gasteiger partial charge is 0.357 e. The van der Waals surface area contributed by atoms with Gasteiger partial charge in [-0.3, -0.25) is 5.32 Å². The van der Waals surface area contributed by atoms with Gasteiger partial charge < -0.3 is 10.2 Å². The van der Waals surface area contributed by atoms with Crippen LogP contribution in [0, 0.1) is 12.8 Å². The number of amides is 2. The topological polar surface area (TPSA) is 88.0 Å². The molecule has 1 fully saturated rings. The molecular formula is C17H25N7O. The van der Waals surface area contributed by atoms with Crippen LogP contribution in [0.4, 0.5) is 16.6 Å². The van der Waals surface area contributed by atoms with Crippen LogP contribution in [0.5, 0.6) is 0 Å². The van der Waals surface area contributed by atoms with Crippen LogP contribution in [0.2, 0.25) is 0 Å². The van der Waals surface area contributed by atoms with Crippen molar-refractivity contribution in [2.75, 3.05) is 24.7 Å². The summed E-state index contributed by atoms with van der Waals surface area (Å²) < 4.78 is 1.93. The standard InChI is InChI=1S/C17H25N7O/c1-11-7-21-24(12(2)14-5-6-14)15(11)22-17(25)23(4)10-13-8-19-16(18-3)20-9-13/h7-9,12,14H,5-6,10H2,1-4H3,(H,22,25)(H,18,19,20). The Kier molecular flexibility index (Phi) is 4.87. The van der Waals surface area contributed by atoms with E-state index < -0.39 is 0 Å². The number of carbonyl (C=O) groups is 1. The number of nitrogens with zero attached hydrogens (tertiary/aromatic N) is 5. The van der Waals surface area contributed by atoms with Crippen molar-refractivity contribution in [1.82, 2.24) is 24.6 Å². The fourth-order valence-corrected chi connectivity index (χ4v) is 2.80. The molecule has 2 aromatic rings. The number of aryl methyl sites for hydroxylation is 1. The Hall–Kier alpha value is -2.64. The molecule has 8 nitrogen and oxygen atoms in total. The summed E-state index contributed by atoms with van der Waals surface area (Å²) in [6, 6.07) is 0.127. The van der Waals surface area contributed by atoms with Gasteiger partial charge in [-0.2, -0.15) is 5.10 Å². The van der Waals surface area contributed by atoms with Gasteiger partial charge in [0.2, 0.25) is 5.95 Å². The van der Waals surface area contributed by atoms with E-state index in [9.17, 15) is 4.79 Å². The highest BCUT2D eigenvalue weighted by molar-refractivity contribution is 5.88. The van der Waals surface area contributed by atoms with Gasteiger partial charge in [0.1, 0.15) is 5.82 Å². The molecule has 0 saturated heterocycles. The van der Waals surface area contributed by atoms with E-state index >= 15 is 0 Å². The van der Waals surface area contributed by atoms with Crippen molar-refractivity contribution in [2.24, 2.45) is 5.92 Å². The Labute approximate surface area is 147 Å². The zero-order chi connectivity index (χ0) is 18.0. The zero-order valence-corrected chi connectivity index (χ0v) is 15.2. The van der Waals surface area contributed by atoms with E-state index in [0.717, 1.165) is 16.9 Å². The van der Waals surface area contributed by atoms with Crippen molar-refractivity contribution in [3.05, 3.63) is 29.7 Å². The highest BCUT2D eigenvalue weighted by Gasteiger charge is 2.31. The minimum absolute atomic E-state index is 0.175. The Bertz CT molecular complexity index is 736. The zero-order valence-electron chi connectivity index (χ0n) is 15.2. The van der Waals surface area contributed by atoms with Crippen LogP contribution in [0.15, 0.2) is 18.6 Å². The molecule has 2 heterocycles. The number of nitrogens with one attached hydrogen (secondary N) is 2. The maximum atomic E-state index is 12.6. The van der Waals surface area contributed by atoms with E-state index in [-0.39, 0.29) is 6.03 Å². The fraction of sp³-hybridized carbons (Fsp3) is 0.529. The summed E-state index contributed by atoms with van der Waals surface area (Å²) in [6.45, 7) is 4.55. The first-order valence-corrected chi connectivity index (χ1v) is 8.54. The molecule has 1 saturated carbocycles. The summed E-state index contributed by atoms with van der Waals surface area (Å²) in [5.41, 5.74) is 1.84. The summed E-state index contributed by atoms with van der Waals surface area (Å²) >= 11 is 0. The van der Waals surface area contributed by atoms with E-state index in [1.165, 1.54) is 12.8 Å². The quantitative estimate of drug-likeness (QED) is 0.842. The second-order valence-corrected chi connectivity index (χ2v) is 6.65. The lowest BCUT2D eigenvalue weighted by Crippen LogP contribution is -2.32. The van der Waals surface area contributed by atoms with E-state index in [4.69, 9.17) is 0 Å². The molecule has 2 N–H and O–H groups in total. The summed E-state index contributed by atoms with van der Waals surface area (Å²) in [5, 5.41) is 10.3. The molecule has 1 atom stereocenters. The Morgan fingerprint density at radius 3 is 2.64 bits per heavy atom. The first kappa shape index (κ1) is 17.2. The summed E-state index contributed by atoms with van der Waals surface area (Å²) in [6.07, 6.45) is 7.70. The minimum atomic E-state index is -0.175. The average Bonchev–Trinajstić information content (AvgIpc) is 3.40. The van der Waals surface area contributed by atoms with Gasteiger partial charge in [-0.05, 0) is 32.6 Å². The van der Waals surface area contributed by atoms with Crippen LogP contribution >= 0.6 is 0 Å². The average molecular weight is 343 g/mol. The fourth-order valence-electron chi connectivity index (χ4n) is 2.80. The van der Waals surface area contributed by atoms with Crippen LogP contribution in [-0.4, -0.2) is 44.8 Å². The third-order valence-corrected chi connectivity index (χ3v) is 4.59. The van der Waals surface area contributed by atoms with Gasteiger partial charge in [-0.15, -0.1) is 0 Å². The van der Waals surface area contributed by atoms with Crippen LogP contribution in [0.3, 0.4) is 0 Å². The third kappa shape index (κ3) is 3.89. The Morgan fingerprint density at radius 2 is 2.04 bits per heavy atom. The first-order chi connectivity index (χ1) is 12.0. The maximum absolute atomic E-state index is 12.6. The lowest BCUT2D eigenvalue weighted by Gasteiger charge is -2.20. The lowest BCUT2D eigenvalue weighted by molar-refractivity contribution is 0.220. The number of anilines is 2. The predicted molar refractivity (Wildman–Crippen MR) is 96.5 cm³/mol. The van der Waals surface area contributed by atoms with Crippen LogP contribution < -0.4 is 10.6 Å². The van der Waals surface area contributed by atoms with Gasteiger partial charge in [0.05, 0.1) is 18.8 Å². The van der Waals surface area contributed by atoms with Gasteiger partial charge in [0, 0.05) is 37.6 Å². The van der Waals surface area contributed by atoms with E-state index in [1.54, 1.807) is 37.6 Å². The molecule has 0 bridgehead atoms. The van der Waals surface area contributed by atoms with Gasteiger partial charge in [0.15, 0.2) is 0 Å². The second-order valence-electron chi connectivity index (χ2n) is 6.65. The Morgan fingerprint density at radius 1 is 1.36 bits per heavy atom. The smallest absolute Gasteiger partial charge is 0.323 e. The maximum Gasteiger partial charge on any atom is 0.323 e. The molecule has 1 unspecified atom stereocenters. The number of rotatable bonds is 6. The lowest BCUT2D eigenvalue weighted by atomic mass is 10.2. The molecule has 0 spiro atoms. The number of hydrogen-bond donors (Lipinski definition) is 2. The number of hydrogen-bond acceptors (Lipinski definition) is 5. The predicted octanol–water partition coefficient (Wildman–Crippen LogP) is 2.66. The van der Waals surface area contributed by atoms with Crippen molar-refractivity contribution >= 4 is 17.8 Å². The number of aromatic nitrogens is 4. The van der Waals surface area contributed by atoms with Gasteiger partial charge in [-0.1, -0.05) is 0 Å². The monoisotopic (exact) mass is 343 g/mol. The molecule has 2 amide bonds. The molecule has 0 aromatic carbocycles. The van der Waals surface area contributed by atoms with Crippen molar-refractivity contribution in [3.63, 3.8) is 0 Å². The number of urea groups is 1. The van der Waals surface area contributed by atoms with Crippen LogP contribution in [-0.2, 0) is 6.54 Å². The van der Waals surface area contributed by atoms with Crippen LogP contribution in [0.25, 0.3) is 0 Å². The molecule has 1 aliphatic carbocycles. The van der Waals surface area contributed by atoms with Gasteiger partial charge in [-0.25, -0.2) is 19.4 Å². The number of carbonyl (C=O) groups excluding carboxylic acids is 1. The van der Waals surface area contributed by atoms with Crippen molar-refractivity contribution in [3.8, 4) is 0 Å². The minimum Gasteiger partial charge on any atom is -0.357 e. The molecular weight excluding hydrogens is 318 g/mol. The molecule has 8 heteroatoms. The van der Waals surface area contributed by atoms with Gasteiger partial charge in [0.25, 0.3) is 0 Å². The summed E-state index contributed by atoms with van der Waals surface area (Å²) in [7, 11) is 3.52. The van der Waals surface area contributed by atoms with E-state index in [1.807, 2.05) is 11.6 Å². The SMILES string of the molecule is CNc1ncc(CN(C)C(=O)Nc2c(C)cnn2C(C)C2CC2)cn1. The molecule has 134 valence electrons. The van der Waals surface area contributed by atoms with Crippen molar-refractivity contribution < 1.29 is 4.79 Å². The van der Waals surface area contributed by atoms with Crippen LogP contribution in [0.1, 0.15) is 36.9 Å². The van der Waals surface area contributed by atoms with E-state index in [2.05, 4.69) is 32.6 Å². The highest BCUT2D eigenvalue weighted by Crippen LogP contribution is 2.40. The van der Waals surface area contributed by atoms with Crippen molar-refractivity contribution in [2.45, 2.75) is 39.3 Å². The summed E-state index contributed by atoms with van der Waals surface area (Å²) in [4.78, 5) is 22.5. The van der Waals surface area contributed by atoms with E-state index in [0.29, 0.717) is 24.5 Å². The first-order valence-electron chi connectivity index (χ1n) is 8.54. The highest BCUT2D eigenvalue weighted by atomic mass is 16.2. The van der Waals surface area contributed by atoms with Gasteiger partial charge >= 0.3 is 6.03 Å². The Balaban J connectivity index is 1.66. The molecule has 0 radical (unpaired) electrons. The second kappa shape index (κ2) is 7.08. The molecule has 1 aliphatic rings. The molecule has 0 aliphatic heterocycles. The molecule has 2 aromatic heterocycles. The molecule has 25 heavy (non-hydrogen) atoms. The summed E-state index contributed by atoms with van der Waals surface area (Å²) in [5.74, 6) is 2.00. The van der Waals surface area contributed by atoms with Crippen molar-refractivity contribution in [1.29, 1.82) is 0 Å². The molecule has 3 rings (SSSR count). The third-order valence-electron chi connectivity index (χ3n) is 4.59. The normalized spacial score (nSPS) is 14.9.